The molecule has 0 aromatic heterocycles. The molecule has 2 amide bonds. The maximum absolute atomic E-state index is 12.1. The van der Waals surface area contributed by atoms with Gasteiger partial charge in [-0.2, -0.15) is 0 Å². The number of aliphatic carboxylic acids is 1. The molecule has 0 spiro atoms. The van der Waals surface area contributed by atoms with Gasteiger partial charge >= 0.3 is 12.0 Å². The molecule has 1 aliphatic carbocycles. The minimum Gasteiger partial charge on any atom is -0.481 e. The molecule has 0 aromatic rings. The van der Waals surface area contributed by atoms with E-state index >= 15 is 0 Å². The summed E-state index contributed by atoms with van der Waals surface area (Å²) < 4.78 is 0. The smallest absolute Gasteiger partial charge is 0.318 e. The van der Waals surface area contributed by atoms with Crippen LogP contribution in [-0.4, -0.2) is 52.3 Å². The number of carboxylic acids is 1. The Morgan fingerprint density at radius 3 is 2.58 bits per heavy atom. The van der Waals surface area contributed by atoms with E-state index < -0.39 is 11.9 Å². The molecule has 0 heterocycles. The van der Waals surface area contributed by atoms with E-state index in [1.165, 1.54) is 0 Å². The van der Waals surface area contributed by atoms with Gasteiger partial charge in [0.15, 0.2) is 0 Å². The fraction of sp³-hybridized carbons (Fsp3) is 0.692. The lowest BCUT2D eigenvalue weighted by Gasteiger charge is -2.28. The highest BCUT2D eigenvalue weighted by atomic mass is 16.4. The van der Waals surface area contributed by atoms with Crippen molar-refractivity contribution in [3.8, 4) is 0 Å². The number of carbonyl (C=O) groups excluding carboxylic acids is 1. The third kappa shape index (κ3) is 4.55. The highest BCUT2D eigenvalue weighted by molar-refractivity contribution is 5.76. The summed E-state index contributed by atoms with van der Waals surface area (Å²) in [6, 6.07) is -0.416. The zero-order valence-corrected chi connectivity index (χ0v) is 11.4. The van der Waals surface area contributed by atoms with Gasteiger partial charge in [-0.15, -0.1) is 0 Å². The lowest BCUT2D eigenvalue weighted by molar-refractivity contribution is -0.140. The van der Waals surface area contributed by atoms with E-state index in [1.807, 2.05) is 13.8 Å². The normalized spacial score (nSPS) is 21.7. The highest BCUT2D eigenvalue weighted by Crippen LogP contribution is 2.18. The SMILES string of the molecule is CC(C)N(CCCO)C(=O)NC1C=CC(C(=O)O)C1. The zero-order valence-electron chi connectivity index (χ0n) is 11.4. The molecule has 1 rings (SSSR count). The van der Waals surface area contributed by atoms with Crippen molar-refractivity contribution in [2.75, 3.05) is 13.2 Å². The van der Waals surface area contributed by atoms with Crippen molar-refractivity contribution in [1.29, 1.82) is 0 Å². The van der Waals surface area contributed by atoms with Crippen LogP contribution in [0.2, 0.25) is 0 Å². The predicted molar refractivity (Wildman–Crippen MR) is 70.7 cm³/mol. The Morgan fingerprint density at radius 1 is 1.42 bits per heavy atom. The van der Waals surface area contributed by atoms with Crippen molar-refractivity contribution < 1.29 is 19.8 Å². The van der Waals surface area contributed by atoms with Crippen molar-refractivity contribution in [3.63, 3.8) is 0 Å². The molecule has 6 nitrogen and oxygen atoms in total. The molecule has 0 aliphatic heterocycles. The topological polar surface area (TPSA) is 89.9 Å². The van der Waals surface area contributed by atoms with Crippen molar-refractivity contribution in [3.05, 3.63) is 12.2 Å². The molecular weight excluding hydrogens is 248 g/mol. The second kappa shape index (κ2) is 7.13. The largest absolute Gasteiger partial charge is 0.481 e. The number of nitrogens with one attached hydrogen (secondary N) is 1. The van der Waals surface area contributed by atoms with E-state index in [-0.39, 0.29) is 24.7 Å². The van der Waals surface area contributed by atoms with E-state index in [9.17, 15) is 9.59 Å². The van der Waals surface area contributed by atoms with Crippen LogP contribution < -0.4 is 5.32 Å². The van der Waals surface area contributed by atoms with Gasteiger partial charge < -0.3 is 20.4 Å². The molecule has 108 valence electrons. The van der Waals surface area contributed by atoms with Gasteiger partial charge in [0.2, 0.25) is 0 Å². The van der Waals surface area contributed by atoms with E-state index in [4.69, 9.17) is 10.2 Å². The fourth-order valence-electron chi connectivity index (χ4n) is 2.07. The van der Waals surface area contributed by atoms with Crippen molar-refractivity contribution in [1.82, 2.24) is 10.2 Å². The Bertz CT molecular complexity index is 355. The van der Waals surface area contributed by atoms with Crippen molar-refractivity contribution in [2.24, 2.45) is 5.92 Å². The average molecular weight is 270 g/mol. The van der Waals surface area contributed by atoms with Gasteiger partial charge in [-0.1, -0.05) is 12.2 Å². The van der Waals surface area contributed by atoms with Crippen LogP contribution in [0.25, 0.3) is 0 Å². The van der Waals surface area contributed by atoms with Gasteiger partial charge in [-0.05, 0) is 26.7 Å². The summed E-state index contributed by atoms with van der Waals surface area (Å²) in [5.41, 5.74) is 0. The second-order valence-corrected chi connectivity index (χ2v) is 4.99. The van der Waals surface area contributed by atoms with E-state index in [1.54, 1.807) is 17.1 Å². The van der Waals surface area contributed by atoms with Gasteiger partial charge in [-0.25, -0.2) is 4.79 Å². The summed E-state index contributed by atoms with van der Waals surface area (Å²) in [7, 11) is 0. The minimum absolute atomic E-state index is 0.0344. The fourth-order valence-corrected chi connectivity index (χ4v) is 2.07. The molecule has 3 N–H and O–H groups in total. The predicted octanol–water partition coefficient (Wildman–Crippen LogP) is 0.818. The van der Waals surface area contributed by atoms with E-state index in [2.05, 4.69) is 5.32 Å². The molecule has 2 unspecified atom stereocenters. The Balaban J connectivity index is 2.49. The average Bonchev–Trinajstić information content (AvgIpc) is 2.77. The first-order valence-electron chi connectivity index (χ1n) is 6.54. The third-order valence-electron chi connectivity index (χ3n) is 3.15. The van der Waals surface area contributed by atoms with E-state index in [0.29, 0.717) is 19.4 Å². The molecule has 0 saturated carbocycles. The number of hydrogen-bond acceptors (Lipinski definition) is 3. The van der Waals surface area contributed by atoms with Gasteiger partial charge in [0, 0.05) is 19.2 Å². The maximum Gasteiger partial charge on any atom is 0.318 e. The third-order valence-corrected chi connectivity index (χ3v) is 3.15. The minimum atomic E-state index is -0.867. The van der Waals surface area contributed by atoms with Crippen LogP contribution in [0.4, 0.5) is 4.79 Å². The number of aliphatic hydroxyl groups is 1. The molecule has 19 heavy (non-hydrogen) atoms. The molecule has 0 aromatic carbocycles. The summed E-state index contributed by atoms with van der Waals surface area (Å²) in [5, 5.41) is 20.5. The van der Waals surface area contributed by atoms with Crippen LogP contribution in [0.15, 0.2) is 12.2 Å². The monoisotopic (exact) mass is 270 g/mol. The molecule has 1 aliphatic rings. The molecular formula is C13H22N2O4. The first kappa shape index (κ1) is 15.5. The van der Waals surface area contributed by atoms with Crippen LogP contribution >= 0.6 is 0 Å². The van der Waals surface area contributed by atoms with Crippen LogP contribution in [0.3, 0.4) is 0 Å². The quantitative estimate of drug-likeness (QED) is 0.623. The molecule has 0 bridgehead atoms. The summed E-state index contributed by atoms with van der Waals surface area (Å²) in [6.07, 6.45) is 4.26. The highest BCUT2D eigenvalue weighted by Gasteiger charge is 2.27. The number of rotatable bonds is 6. The molecule has 0 saturated heterocycles. The number of carbonyl (C=O) groups is 2. The summed E-state index contributed by atoms with van der Waals surface area (Å²) in [4.78, 5) is 24.5. The number of aliphatic hydroxyl groups excluding tert-OH is 1. The van der Waals surface area contributed by atoms with Gasteiger partial charge in [0.05, 0.1) is 12.0 Å². The second-order valence-electron chi connectivity index (χ2n) is 4.99. The first-order valence-corrected chi connectivity index (χ1v) is 6.54. The lowest BCUT2D eigenvalue weighted by atomic mass is 10.1. The molecule has 2 atom stereocenters. The summed E-state index contributed by atoms with van der Waals surface area (Å²) >= 11 is 0. The Kier molecular flexibility index (Phi) is 5.82. The van der Waals surface area contributed by atoms with Crippen LogP contribution in [0, 0.1) is 5.92 Å². The lowest BCUT2D eigenvalue weighted by Crippen LogP contribution is -2.47. The number of hydrogen-bond donors (Lipinski definition) is 3. The number of amides is 2. The molecule has 6 heteroatoms. The van der Waals surface area contributed by atoms with Gasteiger partial charge in [0.25, 0.3) is 0 Å². The molecule has 0 radical (unpaired) electrons. The standard InChI is InChI=1S/C13H22N2O4/c1-9(2)15(6-3-7-16)13(19)14-11-5-4-10(8-11)12(17)18/h4-5,9-11,16H,3,6-8H2,1-2H3,(H,14,19)(H,17,18). The van der Waals surface area contributed by atoms with Crippen molar-refractivity contribution in [2.45, 2.75) is 38.8 Å². The van der Waals surface area contributed by atoms with Crippen LogP contribution in [0.5, 0.6) is 0 Å². The van der Waals surface area contributed by atoms with Crippen LogP contribution in [-0.2, 0) is 4.79 Å². The number of carboxylic acid groups (broad SMARTS) is 1. The Labute approximate surface area is 113 Å². The van der Waals surface area contributed by atoms with E-state index in [0.717, 1.165) is 0 Å². The summed E-state index contributed by atoms with van der Waals surface area (Å²) in [6.45, 7) is 4.34. The van der Waals surface area contributed by atoms with Gasteiger partial charge in [0.1, 0.15) is 0 Å². The first-order chi connectivity index (χ1) is 8.95. The van der Waals surface area contributed by atoms with Gasteiger partial charge in [-0.3, -0.25) is 4.79 Å². The Morgan fingerprint density at radius 2 is 2.11 bits per heavy atom. The maximum atomic E-state index is 12.1. The number of nitrogens with zero attached hydrogens (tertiary/aromatic N) is 1. The molecule has 0 fully saturated rings. The Hall–Kier alpha value is -1.56. The van der Waals surface area contributed by atoms with Crippen molar-refractivity contribution >= 4 is 12.0 Å². The number of urea groups is 1. The van der Waals surface area contributed by atoms with Crippen LogP contribution in [0.1, 0.15) is 26.7 Å². The zero-order chi connectivity index (χ0) is 14.4. The summed E-state index contributed by atoms with van der Waals surface area (Å²) in [5.74, 6) is -1.38.